The highest BCUT2D eigenvalue weighted by Gasteiger charge is 2.41. The highest BCUT2D eigenvalue weighted by atomic mass is 35.5. The lowest BCUT2D eigenvalue weighted by molar-refractivity contribution is 0.0897. The third-order valence-electron chi connectivity index (χ3n) is 3.72. The Labute approximate surface area is 124 Å². The third-order valence-corrected chi connectivity index (χ3v) is 3.72. The largest absolute Gasteiger partial charge is 0.494 e. The summed E-state index contributed by atoms with van der Waals surface area (Å²) in [5.74, 6) is -0.303. The van der Waals surface area contributed by atoms with E-state index in [2.05, 4.69) is 5.32 Å². The summed E-state index contributed by atoms with van der Waals surface area (Å²) in [7, 11) is 1.39. The van der Waals surface area contributed by atoms with Crippen molar-refractivity contribution in [3.8, 4) is 5.75 Å². The van der Waals surface area contributed by atoms with Crippen LogP contribution in [0.5, 0.6) is 5.75 Å². The monoisotopic (exact) mass is 302 g/mol. The lowest BCUT2D eigenvalue weighted by Gasteiger charge is -2.29. The molecule has 0 radical (unpaired) electrons. The van der Waals surface area contributed by atoms with Crippen molar-refractivity contribution in [2.45, 2.75) is 25.3 Å². The van der Waals surface area contributed by atoms with Gasteiger partial charge in [-0.15, -0.1) is 12.4 Å². The highest BCUT2D eigenvalue weighted by Crippen LogP contribution is 2.39. The van der Waals surface area contributed by atoms with Crippen molar-refractivity contribution in [1.82, 2.24) is 5.32 Å². The van der Waals surface area contributed by atoms with Crippen LogP contribution in [0.3, 0.4) is 0 Å². The second kappa shape index (κ2) is 6.41. The molecule has 1 aliphatic carbocycles. The van der Waals surface area contributed by atoms with Gasteiger partial charge >= 0.3 is 0 Å². The Bertz CT molecular complexity index is 494. The van der Waals surface area contributed by atoms with E-state index in [1.807, 2.05) is 6.92 Å². The van der Waals surface area contributed by atoms with Crippen molar-refractivity contribution < 1.29 is 13.9 Å². The van der Waals surface area contributed by atoms with Crippen molar-refractivity contribution in [3.63, 3.8) is 0 Å². The molecule has 0 spiro atoms. The van der Waals surface area contributed by atoms with Crippen molar-refractivity contribution in [2.75, 3.05) is 13.7 Å². The number of rotatable bonds is 5. The van der Waals surface area contributed by atoms with Crippen LogP contribution >= 0.6 is 12.4 Å². The quantitative estimate of drug-likeness (QED) is 0.875. The molecule has 4 nitrogen and oxygen atoms in total. The number of methoxy groups -OCH3 is 1. The van der Waals surface area contributed by atoms with Crippen LogP contribution in [-0.2, 0) is 0 Å². The Hall–Kier alpha value is -1.33. The van der Waals surface area contributed by atoms with Gasteiger partial charge < -0.3 is 15.8 Å². The van der Waals surface area contributed by atoms with E-state index in [-0.39, 0.29) is 29.6 Å². The summed E-state index contributed by atoms with van der Waals surface area (Å²) in [6, 6.07) is 4.17. The smallest absolute Gasteiger partial charge is 0.251 e. The van der Waals surface area contributed by atoms with Crippen molar-refractivity contribution in [1.29, 1.82) is 0 Å². The maximum atomic E-state index is 13.6. The summed E-state index contributed by atoms with van der Waals surface area (Å²) in [4.78, 5) is 12.1. The van der Waals surface area contributed by atoms with Gasteiger partial charge in [-0.3, -0.25) is 4.79 Å². The first-order chi connectivity index (χ1) is 9.00. The van der Waals surface area contributed by atoms with Gasteiger partial charge in [0.2, 0.25) is 0 Å². The van der Waals surface area contributed by atoms with Crippen LogP contribution in [-0.4, -0.2) is 25.1 Å². The first kappa shape index (κ1) is 16.7. The summed E-state index contributed by atoms with van der Waals surface area (Å²) in [5.41, 5.74) is 5.61. The standard InChI is InChI=1S/C14H19FN2O2.ClH/c1-14(8-16,10-4-5-10)17-13(18)9-3-6-12(19-2)11(15)7-9;/h3,6-7,10H,4-5,8,16H2,1-2H3,(H,17,18);1H. The van der Waals surface area contributed by atoms with Gasteiger partial charge in [0.25, 0.3) is 5.91 Å². The number of carbonyl (C=O) groups is 1. The van der Waals surface area contributed by atoms with E-state index < -0.39 is 11.4 Å². The van der Waals surface area contributed by atoms with E-state index in [4.69, 9.17) is 10.5 Å². The first-order valence-electron chi connectivity index (χ1n) is 6.36. The van der Waals surface area contributed by atoms with E-state index >= 15 is 0 Å². The second-order valence-corrected chi connectivity index (χ2v) is 5.20. The Kier molecular flexibility index (Phi) is 5.36. The zero-order chi connectivity index (χ0) is 14.0. The van der Waals surface area contributed by atoms with E-state index in [9.17, 15) is 9.18 Å². The lowest BCUT2D eigenvalue weighted by atomic mass is 9.95. The number of nitrogens with two attached hydrogens (primary N) is 1. The number of hydrogen-bond donors (Lipinski definition) is 2. The van der Waals surface area contributed by atoms with Crippen molar-refractivity contribution >= 4 is 18.3 Å². The van der Waals surface area contributed by atoms with Gasteiger partial charge in [0.15, 0.2) is 11.6 Å². The third kappa shape index (κ3) is 3.41. The predicted molar refractivity (Wildman–Crippen MR) is 77.8 cm³/mol. The molecule has 0 bridgehead atoms. The van der Waals surface area contributed by atoms with Crippen molar-refractivity contribution in [3.05, 3.63) is 29.6 Å². The molecule has 0 heterocycles. The van der Waals surface area contributed by atoms with Crippen LogP contribution < -0.4 is 15.8 Å². The van der Waals surface area contributed by atoms with Gasteiger partial charge in [-0.05, 0) is 43.9 Å². The van der Waals surface area contributed by atoms with Gasteiger partial charge in [0.05, 0.1) is 12.6 Å². The maximum absolute atomic E-state index is 13.6. The van der Waals surface area contributed by atoms with Gasteiger partial charge in [0, 0.05) is 12.1 Å². The van der Waals surface area contributed by atoms with Crippen LogP contribution in [0.15, 0.2) is 18.2 Å². The number of amides is 1. The second-order valence-electron chi connectivity index (χ2n) is 5.20. The minimum atomic E-state index is -0.545. The van der Waals surface area contributed by atoms with Crippen LogP contribution in [0, 0.1) is 11.7 Å². The van der Waals surface area contributed by atoms with Gasteiger partial charge in [-0.25, -0.2) is 4.39 Å². The summed E-state index contributed by atoms with van der Waals surface area (Å²) >= 11 is 0. The number of hydrogen-bond acceptors (Lipinski definition) is 3. The Morgan fingerprint density at radius 2 is 2.20 bits per heavy atom. The van der Waals surface area contributed by atoms with E-state index in [0.29, 0.717) is 12.5 Å². The Morgan fingerprint density at radius 3 is 2.65 bits per heavy atom. The van der Waals surface area contributed by atoms with Gasteiger partial charge in [-0.2, -0.15) is 0 Å². The molecule has 1 atom stereocenters. The summed E-state index contributed by atoms with van der Waals surface area (Å²) < 4.78 is 18.4. The molecule has 1 aromatic carbocycles. The molecule has 1 aliphatic rings. The number of nitrogens with one attached hydrogen (secondary N) is 1. The molecule has 3 N–H and O–H groups in total. The highest BCUT2D eigenvalue weighted by molar-refractivity contribution is 5.94. The first-order valence-corrected chi connectivity index (χ1v) is 6.36. The molecule has 2 rings (SSSR count). The molecular formula is C14H20ClFN2O2. The molecular weight excluding hydrogens is 283 g/mol. The molecule has 1 fully saturated rings. The number of halogens is 2. The molecule has 20 heavy (non-hydrogen) atoms. The minimum Gasteiger partial charge on any atom is -0.494 e. The molecule has 1 amide bonds. The van der Waals surface area contributed by atoms with E-state index in [0.717, 1.165) is 12.8 Å². The molecule has 0 saturated heterocycles. The Balaban J connectivity index is 0.00000200. The summed E-state index contributed by atoms with van der Waals surface area (Å²) in [5, 5.41) is 2.91. The van der Waals surface area contributed by atoms with Crippen LogP contribution in [0.25, 0.3) is 0 Å². The molecule has 112 valence electrons. The fourth-order valence-corrected chi connectivity index (χ4v) is 2.18. The van der Waals surface area contributed by atoms with Crippen molar-refractivity contribution in [2.24, 2.45) is 11.7 Å². The molecule has 0 aliphatic heterocycles. The Morgan fingerprint density at radius 1 is 1.55 bits per heavy atom. The predicted octanol–water partition coefficient (Wildman–Crippen LogP) is 2.11. The van der Waals surface area contributed by atoms with E-state index in [1.54, 1.807) is 6.07 Å². The fraction of sp³-hybridized carbons (Fsp3) is 0.500. The molecule has 1 unspecified atom stereocenters. The fourth-order valence-electron chi connectivity index (χ4n) is 2.18. The number of ether oxygens (including phenoxy) is 1. The molecule has 0 aromatic heterocycles. The van der Waals surface area contributed by atoms with Crippen LogP contribution in [0.2, 0.25) is 0 Å². The minimum absolute atomic E-state index is 0. The van der Waals surface area contributed by atoms with Crippen LogP contribution in [0.1, 0.15) is 30.1 Å². The normalized spacial score (nSPS) is 16.8. The topological polar surface area (TPSA) is 64.3 Å². The average molecular weight is 303 g/mol. The summed E-state index contributed by atoms with van der Waals surface area (Å²) in [6.07, 6.45) is 2.15. The zero-order valence-corrected chi connectivity index (χ0v) is 12.4. The average Bonchev–Trinajstić information content (AvgIpc) is 3.23. The summed E-state index contributed by atoms with van der Waals surface area (Å²) in [6.45, 7) is 2.31. The van der Waals surface area contributed by atoms with Crippen LogP contribution in [0.4, 0.5) is 4.39 Å². The number of carbonyl (C=O) groups excluding carboxylic acids is 1. The van der Waals surface area contributed by atoms with Gasteiger partial charge in [-0.1, -0.05) is 0 Å². The zero-order valence-electron chi connectivity index (χ0n) is 11.6. The molecule has 6 heteroatoms. The van der Waals surface area contributed by atoms with Gasteiger partial charge in [0.1, 0.15) is 0 Å². The maximum Gasteiger partial charge on any atom is 0.251 e. The SMILES string of the molecule is COc1ccc(C(=O)NC(C)(CN)C2CC2)cc1F.Cl. The van der Waals surface area contributed by atoms with E-state index in [1.165, 1.54) is 19.2 Å². The number of benzene rings is 1. The molecule has 1 saturated carbocycles. The molecule has 1 aromatic rings. The lowest BCUT2D eigenvalue weighted by Crippen LogP contribution is -2.53.